The number of anilines is 1. The summed E-state index contributed by atoms with van der Waals surface area (Å²) < 4.78 is 0.963. The maximum absolute atomic E-state index is 11.4. The van der Waals surface area contributed by atoms with Crippen LogP contribution in [-0.4, -0.2) is 23.4 Å². The molecule has 1 aliphatic heterocycles. The van der Waals surface area contributed by atoms with Gasteiger partial charge in [0, 0.05) is 16.7 Å². The van der Waals surface area contributed by atoms with Gasteiger partial charge in [0.25, 0.3) is 0 Å². The molecule has 0 spiro atoms. The zero-order chi connectivity index (χ0) is 13.1. The van der Waals surface area contributed by atoms with Crippen molar-refractivity contribution in [2.75, 3.05) is 12.3 Å². The predicted molar refractivity (Wildman–Crippen MR) is 75.8 cm³/mol. The fraction of sp³-hybridized carbons (Fsp3) is 0.462. The first-order valence-corrected chi connectivity index (χ1v) is 6.94. The highest BCUT2D eigenvalue weighted by molar-refractivity contribution is 9.10. The SMILES string of the molecule is NC(=O)C1CCCCN1Cc1cc(N)cc(Br)c1. The van der Waals surface area contributed by atoms with E-state index in [0.717, 1.165) is 48.1 Å². The van der Waals surface area contributed by atoms with Crippen LogP contribution in [0.4, 0.5) is 5.69 Å². The number of halogens is 1. The zero-order valence-electron chi connectivity index (χ0n) is 10.2. The number of nitrogen functional groups attached to an aromatic ring is 1. The van der Waals surface area contributed by atoms with E-state index in [4.69, 9.17) is 11.5 Å². The third-order valence-electron chi connectivity index (χ3n) is 3.31. The van der Waals surface area contributed by atoms with Gasteiger partial charge in [-0.3, -0.25) is 9.69 Å². The Morgan fingerprint density at radius 1 is 1.39 bits per heavy atom. The molecule has 1 atom stereocenters. The summed E-state index contributed by atoms with van der Waals surface area (Å²) in [6.45, 7) is 1.64. The van der Waals surface area contributed by atoms with Crippen LogP contribution in [0.1, 0.15) is 24.8 Å². The first-order valence-electron chi connectivity index (χ1n) is 6.14. The molecular weight excluding hydrogens is 294 g/mol. The fourth-order valence-corrected chi connectivity index (χ4v) is 3.06. The van der Waals surface area contributed by atoms with E-state index in [1.807, 2.05) is 18.2 Å². The van der Waals surface area contributed by atoms with Crippen molar-refractivity contribution in [2.45, 2.75) is 31.8 Å². The number of carbonyl (C=O) groups excluding carboxylic acids is 1. The molecule has 1 fully saturated rings. The summed E-state index contributed by atoms with van der Waals surface area (Å²) in [6, 6.07) is 5.70. The van der Waals surface area contributed by atoms with Crippen molar-refractivity contribution in [3.63, 3.8) is 0 Å². The van der Waals surface area contributed by atoms with E-state index >= 15 is 0 Å². The van der Waals surface area contributed by atoms with Gasteiger partial charge in [-0.2, -0.15) is 0 Å². The largest absolute Gasteiger partial charge is 0.399 e. The lowest BCUT2D eigenvalue weighted by Crippen LogP contribution is -2.47. The number of hydrogen-bond acceptors (Lipinski definition) is 3. The molecule has 18 heavy (non-hydrogen) atoms. The molecule has 98 valence electrons. The smallest absolute Gasteiger partial charge is 0.234 e. The van der Waals surface area contributed by atoms with Crippen LogP contribution < -0.4 is 11.5 Å². The second kappa shape index (κ2) is 5.71. The highest BCUT2D eigenvalue weighted by atomic mass is 79.9. The minimum atomic E-state index is -0.224. The van der Waals surface area contributed by atoms with Crippen LogP contribution in [0, 0.1) is 0 Å². The molecule has 0 aliphatic carbocycles. The number of rotatable bonds is 3. The number of nitrogens with zero attached hydrogens (tertiary/aromatic N) is 1. The third kappa shape index (κ3) is 3.23. The van der Waals surface area contributed by atoms with Gasteiger partial charge in [-0.1, -0.05) is 22.4 Å². The minimum Gasteiger partial charge on any atom is -0.399 e. The summed E-state index contributed by atoms with van der Waals surface area (Å²) in [5, 5.41) is 0. The maximum Gasteiger partial charge on any atom is 0.234 e. The van der Waals surface area contributed by atoms with Crippen LogP contribution in [0.5, 0.6) is 0 Å². The van der Waals surface area contributed by atoms with Crippen LogP contribution in [0.2, 0.25) is 0 Å². The topological polar surface area (TPSA) is 72.4 Å². The van der Waals surface area contributed by atoms with Crippen molar-refractivity contribution in [1.82, 2.24) is 4.90 Å². The quantitative estimate of drug-likeness (QED) is 0.837. The van der Waals surface area contributed by atoms with Crippen LogP contribution in [0.3, 0.4) is 0 Å². The lowest BCUT2D eigenvalue weighted by molar-refractivity contribution is -0.124. The van der Waals surface area contributed by atoms with Crippen molar-refractivity contribution >= 4 is 27.5 Å². The van der Waals surface area contributed by atoms with Gasteiger partial charge in [-0.15, -0.1) is 0 Å². The third-order valence-corrected chi connectivity index (χ3v) is 3.77. The summed E-state index contributed by atoms with van der Waals surface area (Å²) in [7, 11) is 0. The molecule has 1 unspecified atom stereocenters. The van der Waals surface area contributed by atoms with Gasteiger partial charge in [0.1, 0.15) is 0 Å². The average molecular weight is 312 g/mol. The molecule has 2 rings (SSSR count). The van der Waals surface area contributed by atoms with Gasteiger partial charge >= 0.3 is 0 Å². The fourth-order valence-electron chi connectivity index (χ4n) is 2.50. The molecule has 1 heterocycles. The lowest BCUT2D eigenvalue weighted by Gasteiger charge is -2.33. The van der Waals surface area contributed by atoms with E-state index in [9.17, 15) is 4.79 Å². The molecule has 0 bridgehead atoms. The van der Waals surface area contributed by atoms with E-state index in [-0.39, 0.29) is 11.9 Å². The van der Waals surface area contributed by atoms with Gasteiger partial charge in [-0.25, -0.2) is 0 Å². The molecule has 4 N–H and O–H groups in total. The van der Waals surface area contributed by atoms with E-state index in [0.29, 0.717) is 0 Å². The van der Waals surface area contributed by atoms with Gasteiger partial charge in [0.05, 0.1) is 6.04 Å². The van der Waals surface area contributed by atoms with Crippen LogP contribution in [0.25, 0.3) is 0 Å². The first-order chi connectivity index (χ1) is 8.56. The van der Waals surface area contributed by atoms with E-state index in [2.05, 4.69) is 20.8 Å². The Labute approximate surface area is 115 Å². The number of carbonyl (C=O) groups is 1. The molecule has 1 amide bonds. The second-order valence-electron chi connectivity index (χ2n) is 4.78. The van der Waals surface area contributed by atoms with Crippen molar-refractivity contribution in [3.05, 3.63) is 28.2 Å². The Balaban J connectivity index is 2.13. The molecule has 1 aromatic rings. The Morgan fingerprint density at radius 2 is 2.17 bits per heavy atom. The van der Waals surface area contributed by atoms with E-state index in [1.165, 1.54) is 0 Å². The number of amides is 1. The number of nitrogens with two attached hydrogens (primary N) is 2. The second-order valence-corrected chi connectivity index (χ2v) is 5.69. The van der Waals surface area contributed by atoms with Gasteiger partial charge in [-0.05, 0) is 43.1 Å². The Hall–Kier alpha value is -1.07. The van der Waals surface area contributed by atoms with E-state index in [1.54, 1.807) is 0 Å². The van der Waals surface area contributed by atoms with Crippen molar-refractivity contribution in [1.29, 1.82) is 0 Å². The number of likely N-dealkylation sites (tertiary alicyclic amines) is 1. The molecule has 0 radical (unpaired) electrons. The molecule has 1 aromatic carbocycles. The number of hydrogen-bond donors (Lipinski definition) is 2. The van der Waals surface area contributed by atoms with Crippen LogP contribution in [0.15, 0.2) is 22.7 Å². The highest BCUT2D eigenvalue weighted by Gasteiger charge is 2.26. The Kier molecular flexibility index (Phi) is 4.24. The molecule has 1 saturated heterocycles. The average Bonchev–Trinajstić information content (AvgIpc) is 2.27. The van der Waals surface area contributed by atoms with Gasteiger partial charge in [0.15, 0.2) is 0 Å². The highest BCUT2D eigenvalue weighted by Crippen LogP contribution is 2.23. The van der Waals surface area contributed by atoms with E-state index < -0.39 is 0 Å². The lowest BCUT2D eigenvalue weighted by atomic mass is 10.0. The molecule has 4 nitrogen and oxygen atoms in total. The monoisotopic (exact) mass is 311 g/mol. The Morgan fingerprint density at radius 3 is 2.83 bits per heavy atom. The van der Waals surface area contributed by atoms with Gasteiger partial charge in [0.2, 0.25) is 5.91 Å². The zero-order valence-corrected chi connectivity index (χ0v) is 11.8. The van der Waals surface area contributed by atoms with Crippen LogP contribution in [-0.2, 0) is 11.3 Å². The summed E-state index contributed by atoms with van der Waals surface area (Å²) in [5.74, 6) is -0.224. The summed E-state index contributed by atoms with van der Waals surface area (Å²) in [5.41, 5.74) is 13.1. The first kappa shape index (κ1) is 13.4. The van der Waals surface area contributed by atoms with Crippen molar-refractivity contribution < 1.29 is 4.79 Å². The van der Waals surface area contributed by atoms with Crippen molar-refractivity contribution in [2.24, 2.45) is 5.73 Å². The number of primary amides is 1. The maximum atomic E-state index is 11.4. The van der Waals surface area contributed by atoms with Crippen molar-refractivity contribution in [3.8, 4) is 0 Å². The molecule has 0 saturated carbocycles. The van der Waals surface area contributed by atoms with Crippen LogP contribution >= 0.6 is 15.9 Å². The molecule has 0 aromatic heterocycles. The number of piperidine rings is 1. The number of benzene rings is 1. The standard InChI is InChI=1S/C13H18BrN3O/c14-10-5-9(6-11(15)7-10)8-17-4-2-1-3-12(17)13(16)18/h5-7,12H,1-4,8,15H2,(H2,16,18). The normalized spacial score (nSPS) is 20.8. The molecule has 5 heteroatoms. The Bertz CT molecular complexity index is 430. The van der Waals surface area contributed by atoms with Gasteiger partial charge < -0.3 is 11.5 Å². The summed E-state index contributed by atoms with van der Waals surface area (Å²) in [4.78, 5) is 13.6. The molecule has 1 aliphatic rings. The molecular formula is C13H18BrN3O. The summed E-state index contributed by atoms with van der Waals surface area (Å²) in [6.07, 6.45) is 3.05. The minimum absolute atomic E-state index is 0.140. The predicted octanol–water partition coefficient (Wildman–Crippen LogP) is 1.87. The summed E-state index contributed by atoms with van der Waals surface area (Å²) >= 11 is 3.43.